The Morgan fingerprint density at radius 2 is 1.83 bits per heavy atom. The van der Waals surface area contributed by atoms with Gasteiger partial charge in [0.2, 0.25) is 0 Å². The molecule has 0 bridgehead atoms. The Morgan fingerprint density at radius 3 is 2.50 bits per heavy atom. The molecule has 4 aromatic heterocycles. The summed E-state index contributed by atoms with van der Waals surface area (Å²) in [5, 5.41) is 5.58. The van der Waals surface area contributed by atoms with E-state index in [2.05, 4.69) is 15.3 Å². The second-order valence-electron chi connectivity index (χ2n) is 8.28. The van der Waals surface area contributed by atoms with Crippen LogP contribution in [0.4, 0.5) is 13.2 Å². The Labute approximate surface area is 207 Å². The second kappa shape index (κ2) is 8.87. The highest BCUT2D eigenvalue weighted by Gasteiger charge is 2.30. The molecule has 1 N–H and O–H groups in total. The first-order valence-electron chi connectivity index (χ1n) is 11.0. The number of hydrogen-bond acceptors (Lipinski definition) is 5. The van der Waals surface area contributed by atoms with Crippen molar-refractivity contribution < 1.29 is 18.0 Å². The first kappa shape index (κ1) is 23.7. The molecule has 0 saturated heterocycles. The third-order valence-electron chi connectivity index (χ3n) is 5.92. The summed E-state index contributed by atoms with van der Waals surface area (Å²) in [6, 6.07) is 12.5. The maximum absolute atomic E-state index is 13.4. The molecule has 1 aromatic carbocycles. The zero-order valence-electron chi connectivity index (χ0n) is 19.1. The van der Waals surface area contributed by atoms with Gasteiger partial charge in [0.15, 0.2) is 0 Å². The molecule has 0 unspecified atom stereocenters. The van der Waals surface area contributed by atoms with E-state index in [1.807, 2.05) is 19.9 Å². The molecule has 5 aromatic rings. The maximum atomic E-state index is 13.4. The lowest BCUT2D eigenvalue weighted by molar-refractivity contribution is -0.137. The minimum Gasteiger partial charge on any atom is -0.343 e. The van der Waals surface area contributed by atoms with Gasteiger partial charge >= 0.3 is 6.18 Å². The summed E-state index contributed by atoms with van der Waals surface area (Å²) in [4.78, 5) is 36.1. The fourth-order valence-corrected chi connectivity index (χ4v) is 4.95. The van der Waals surface area contributed by atoms with E-state index in [-0.39, 0.29) is 23.0 Å². The van der Waals surface area contributed by atoms with Gasteiger partial charge in [-0.3, -0.25) is 19.1 Å². The van der Waals surface area contributed by atoms with Gasteiger partial charge in [-0.05, 0) is 62.4 Å². The molecule has 0 spiro atoms. The van der Waals surface area contributed by atoms with Gasteiger partial charge in [0.05, 0.1) is 33.7 Å². The zero-order valence-corrected chi connectivity index (χ0v) is 19.9. The molecule has 36 heavy (non-hydrogen) atoms. The van der Waals surface area contributed by atoms with Crippen LogP contribution in [0, 0.1) is 6.92 Å². The Balaban J connectivity index is 1.64. The van der Waals surface area contributed by atoms with Gasteiger partial charge in [-0.15, -0.1) is 11.3 Å². The van der Waals surface area contributed by atoms with Gasteiger partial charge in [0.25, 0.3) is 11.5 Å². The van der Waals surface area contributed by atoms with Crippen molar-refractivity contribution in [2.75, 3.05) is 0 Å². The van der Waals surface area contributed by atoms with Crippen molar-refractivity contribution in [3.8, 4) is 5.69 Å². The highest BCUT2D eigenvalue weighted by atomic mass is 32.1. The van der Waals surface area contributed by atoms with E-state index in [9.17, 15) is 22.8 Å². The van der Waals surface area contributed by atoms with Crippen molar-refractivity contribution in [3.05, 3.63) is 98.4 Å². The molecule has 1 atom stereocenters. The lowest BCUT2D eigenvalue weighted by Crippen LogP contribution is -2.28. The van der Waals surface area contributed by atoms with Crippen molar-refractivity contribution in [3.63, 3.8) is 0 Å². The molecule has 6 nitrogen and oxygen atoms in total. The van der Waals surface area contributed by atoms with E-state index >= 15 is 0 Å². The number of aryl methyl sites for hydroxylation is 1. The number of rotatable bonds is 4. The zero-order chi connectivity index (χ0) is 25.6. The van der Waals surface area contributed by atoms with Crippen LogP contribution in [0.3, 0.4) is 0 Å². The fourth-order valence-electron chi connectivity index (χ4n) is 4.11. The summed E-state index contributed by atoms with van der Waals surface area (Å²) in [7, 11) is 0. The molecular formula is C26H19F3N4O2S. The maximum Gasteiger partial charge on any atom is 0.416 e. The molecule has 0 aliphatic rings. The van der Waals surface area contributed by atoms with Gasteiger partial charge in [-0.1, -0.05) is 6.07 Å². The highest BCUT2D eigenvalue weighted by molar-refractivity contribution is 7.11. The number of nitrogens with one attached hydrogen (secondary N) is 1. The number of carbonyl (C=O) groups excluding carboxylic acids is 1. The number of halogens is 3. The number of nitrogens with zero attached hydrogens (tertiary/aromatic N) is 3. The molecule has 4 heterocycles. The number of benzene rings is 1. The van der Waals surface area contributed by atoms with E-state index < -0.39 is 17.6 Å². The predicted molar refractivity (Wildman–Crippen MR) is 133 cm³/mol. The molecule has 0 fully saturated rings. The minimum atomic E-state index is -4.49. The van der Waals surface area contributed by atoms with Crippen LogP contribution in [0.15, 0.2) is 71.0 Å². The van der Waals surface area contributed by atoms with Crippen LogP contribution in [0.2, 0.25) is 0 Å². The third kappa shape index (κ3) is 4.13. The summed E-state index contributed by atoms with van der Waals surface area (Å²) >= 11 is 1.37. The molecule has 10 heteroatoms. The molecular weight excluding hydrogens is 489 g/mol. The monoisotopic (exact) mass is 508 g/mol. The Bertz CT molecular complexity index is 1660. The number of pyridine rings is 3. The minimum absolute atomic E-state index is 0.148. The largest absolute Gasteiger partial charge is 0.416 e. The van der Waals surface area contributed by atoms with Crippen molar-refractivity contribution >= 4 is 39.0 Å². The predicted octanol–water partition coefficient (Wildman–Crippen LogP) is 5.81. The number of fused-ring (bicyclic) bond motifs is 3. The van der Waals surface area contributed by atoms with E-state index in [0.29, 0.717) is 27.5 Å². The summed E-state index contributed by atoms with van der Waals surface area (Å²) in [6.07, 6.45) is -2.85. The highest BCUT2D eigenvalue weighted by Crippen LogP contribution is 2.32. The summed E-state index contributed by atoms with van der Waals surface area (Å²) < 4.78 is 40.5. The van der Waals surface area contributed by atoms with Gasteiger partial charge in [-0.25, -0.2) is 4.98 Å². The van der Waals surface area contributed by atoms with Crippen molar-refractivity contribution in [2.45, 2.75) is 26.1 Å². The SMILES string of the molecule is Cc1scc2c(=O)n(-c3ccc(C(F)(F)F)cc3)c3ccc(C(=O)N[C@@H](C)c4ccccn4)nc3c12. The van der Waals surface area contributed by atoms with Crippen LogP contribution < -0.4 is 10.9 Å². The van der Waals surface area contributed by atoms with Crippen LogP contribution in [0.1, 0.15) is 39.6 Å². The topological polar surface area (TPSA) is 76.9 Å². The van der Waals surface area contributed by atoms with Crippen molar-refractivity contribution in [1.29, 1.82) is 0 Å². The Kier molecular flexibility index (Phi) is 5.83. The van der Waals surface area contributed by atoms with E-state index in [0.717, 1.165) is 17.0 Å². The summed E-state index contributed by atoms with van der Waals surface area (Å²) in [5.74, 6) is -0.414. The second-order valence-corrected chi connectivity index (χ2v) is 9.36. The number of carbonyl (C=O) groups is 1. The third-order valence-corrected chi connectivity index (χ3v) is 6.84. The van der Waals surface area contributed by atoms with Gasteiger partial charge in [-0.2, -0.15) is 13.2 Å². The van der Waals surface area contributed by atoms with Gasteiger partial charge in [0.1, 0.15) is 5.69 Å². The fraction of sp³-hybridized carbons (Fsp3) is 0.154. The van der Waals surface area contributed by atoms with Crippen LogP contribution in [0.5, 0.6) is 0 Å². The van der Waals surface area contributed by atoms with Gasteiger partial charge in [0, 0.05) is 27.5 Å². The summed E-state index contributed by atoms with van der Waals surface area (Å²) in [6.45, 7) is 3.66. The quantitative estimate of drug-likeness (QED) is 0.332. The van der Waals surface area contributed by atoms with Crippen LogP contribution in [-0.4, -0.2) is 20.4 Å². The smallest absolute Gasteiger partial charge is 0.343 e. The molecule has 0 saturated carbocycles. The van der Waals surface area contributed by atoms with Crippen LogP contribution in [-0.2, 0) is 6.18 Å². The number of aromatic nitrogens is 3. The van der Waals surface area contributed by atoms with Crippen molar-refractivity contribution in [1.82, 2.24) is 19.9 Å². The number of hydrogen-bond donors (Lipinski definition) is 1. The van der Waals surface area contributed by atoms with Crippen LogP contribution in [0.25, 0.3) is 27.5 Å². The van der Waals surface area contributed by atoms with E-state index in [4.69, 9.17) is 0 Å². The van der Waals surface area contributed by atoms with E-state index in [1.54, 1.807) is 29.8 Å². The lowest BCUT2D eigenvalue weighted by atomic mass is 10.1. The normalized spacial score (nSPS) is 12.7. The standard InChI is InChI=1S/C26H19F3N4O2S/c1-14(19-5-3-4-12-30-19)31-24(34)20-10-11-21-23(32-20)22-15(2)36-13-18(22)25(35)33(21)17-8-6-16(7-9-17)26(27,28)29/h3-14H,1-2H3,(H,31,34)/t14-/m0/s1. The van der Waals surface area contributed by atoms with Gasteiger partial charge < -0.3 is 5.32 Å². The van der Waals surface area contributed by atoms with Crippen LogP contribution >= 0.6 is 11.3 Å². The first-order chi connectivity index (χ1) is 17.1. The Hall–Kier alpha value is -4.05. The molecule has 0 aliphatic carbocycles. The number of alkyl halides is 3. The molecule has 0 radical (unpaired) electrons. The molecule has 182 valence electrons. The number of amides is 1. The molecule has 1 amide bonds. The molecule has 0 aliphatic heterocycles. The summed E-state index contributed by atoms with van der Waals surface area (Å²) in [5.41, 5.74) is 0.740. The van der Waals surface area contributed by atoms with E-state index in [1.165, 1.54) is 34.1 Å². The molecule has 5 rings (SSSR count). The Morgan fingerprint density at radius 1 is 1.08 bits per heavy atom. The average molecular weight is 509 g/mol. The number of thiophene rings is 1. The van der Waals surface area contributed by atoms with Crippen molar-refractivity contribution in [2.24, 2.45) is 0 Å². The first-order valence-corrected chi connectivity index (χ1v) is 11.9. The lowest BCUT2D eigenvalue weighted by Gasteiger charge is -2.15. The average Bonchev–Trinajstić information content (AvgIpc) is 3.26.